The molecule has 0 aliphatic heterocycles. The van der Waals surface area contributed by atoms with Gasteiger partial charge in [0.2, 0.25) is 5.91 Å². The molecule has 0 aromatic carbocycles. The van der Waals surface area contributed by atoms with Crippen molar-refractivity contribution in [2.45, 2.75) is 33.6 Å². The maximum atomic E-state index is 11.8. The molecule has 1 heterocycles. The van der Waals surface area contributed by atoms with E-state index in [1.807, 2.05) is 6.92 Å². The average Bonchev–Trinajstić information content (AvgIpc) is 2.66. The summed E-state index contributed by atoms with van der Waals surface area (Å²) in [4.78, 5) is 35.2. The molecule has 2 amide bonds. The van der Waals surface area contributed by atoms with E-state index < -0.39 is 11.9 Å². The van der Waals surface area contributed by atoms with Crippen LogP contribution in [0.2, 0.25) is 0 Å². The third-order valence-electron chi connectivity index (χ3n) is 2.58. The van der Waals surface area contributed by atoms with Gasteiger partial charge in [0.25, 0.3) is 5.91 Å². The highest BCUT2D eigenvalue weighted by atomic mass is 32.1. The fourth-order valence-corrected chi connectivity index (χ4v) is 2.83. The van der Waals surface area contributed by atoms with Gasteiger partial charge in [0.05, 0.1) is 12.2 Å². The van der Waals surface area contributed by atoms with E-state index >= 15 is 0 Å². The van der Waals surface area contributed by atoms with Crippen molar-refractivity contribution >= 4 is 34.1 Å². The van der Waals surface area contributed by atoms with E-state index in [0.717, 1.165) is 11.3 Å². The minimum Gasteiger partial charge on any atom is -0.462 e. The van der Waals surface area contributed by atoms with E-state index in [1.54, 1.807) is 13.8 Å². The van der Waals surface area contributed by atoms with Crippen molar-refractivity contribution in [2.24, 2.45) is 5.73 Å². The summed E-state index contributed by atoms with van der Waals surface area (Å²) in [5.74, 6) is -1.42. The first-order valence-corrected chi connectivity index (χ1v) is 7.14. The molecule has 1 aromatic rings. The van der Waals surface area contributed by atoms with Crippen LogP contribution in [0.15, 0.2) is 0 Å². The van der Waals surface area contributed by atoms with Gasteiger partial charge in [-0.15, -0.1) is 11.3 Å². The first-order valence-electron chi connectivity index (χ1n) is 6.32. The molecule has 7 heteroatoms. The highest BCUT2D eigenvalue weighted by Crippen LogP contribution is 2.33. The van der Waals surface area contributed by atoms with Crippen LogP contribution in [0.1, 0.15) is 52.3 Å². The molecule has 3 N–H and O–H groups in total. The third kappa shape index (κ3) is 3.57. The Labute approximate surface area is 121 Å². The minimum absolute atomic E-state index is 0.169. The van der Waals surface area contributed by atoms with E-state index in [-0.39, 0.29) is 23.0 Å². The van der Waals surface area contributed by atoms with Gasteiger partial charge < -0.3 is 15.8 Å². The van der Waals surface area contributed by atoms with Crippen LogP contribution in [0.5, 0.6) is 0 Å². The molecule has 0 unspecified atom stereocenters. The molecule has 0 radical (unpaired) electrons. The molecule has 0 bridgehead atoms. The van der Waals surface area contributed by atoms with E-state index in [1.165, 1.54) is 0 Å². The van der Waals surface area contributed by atoms with Crippen molar-refractivity contribution in [2.75, 3.05) is 11.9 Å². The predicted molar refractivity (Wildman–Crippen MR) is 77.1 cm³/mol. The molecule has 0 atom stereocenters. The molecule has 20 heavy (non-hydrogen) atoms. The zero-order chi connectivity index (χ0) is 15.3. The number of thiophene rings is 1. The number of hydrogen-bond donors (Lipinski definition) is 2. The zero-order valence-electron chi connectivity index (χ0n) is 11.7. The van der Waals surface area contributed by atoms with Crippen molar-refractivity contribution in [3.05, 3.63) is 16.0 Å². The second-order valence-electron chi connectivity index (χ2n) is 4.14. The maximum Gasteiger partial charge on any atom is 0.348 e. The van der Waals surface area contributed by atoms with Gasteiger partial charge in [0.15, 0.2) is 0 Å². The summed E-state index contributed by atoms with van der Waals surface area (Å²) in [5.41, 5.74) is 5.92. The molecule has 1 rings (SSSR count). The lowest BCUT2D eigenvalue weighted by atomic mass is 10.1. The fourth-order valence-electron chi connectivity index (χ4n) is 1.71. The third-order valence-corrected chi connectivity index (χ3v) is 3.77. The predicted octanol–water partition coefficient (Wildman–Crippen LogP) is 2.07. The molecular weight excluding hydrogens is 280 g/mol. The SMILES string of the molecule is CCCC(=O)Nc1sc(C(=O)OCC)c(C)c1C(N)=O. The van der Waals surface area contributed by atoms with E-state index in [9.17, 15) is 14.4 Å². The quantitative estimate of drug-likeness (QED) is 0.785. The standard InChI is InChI=1S/C13H18N2O4S/c1-4-6-8(16)15-12-9(11(14)17)7(3)10(20-12)13(18)19-5-2/h4-6H2,1-3H3,(H2,14,17)(H,15,16). The highest BCUT2D eigenvalue weighted by molar-refractivity contribution is 7.18. The fraction of sp³-hybridized carbons (Fsp3) is 0.462. The summed E-state index contributed by atoms with van der Waals surface area (Å²) >= 11 is 1.01. The van der Waals surface area contributed by atoms with Crippen LogP contribution in [-0.2, 0) is 9.53 Å². The largest absolute Gasteiger partial charge is 0.462 e. The number of rotatable bonds is 6. The lowest BCUT2D eigenvalue weighted by Gasteiger charge is -2.03. The summed E-state index contributed by atoms with van der Waals surface area (Å²) in [6, 6.07) is 0. The van der Waals surface area contributed by atoms with Gasteiger partial charge in [-0.3, -0.25) is 9.59 Å². The number of esters is 1. The van der Waals surface area contributed by atoms with Crippen LogP contribution in [0.3, 0.4) is 0 Å². The molecule has 0 saturated carbocycles. The Kier molecular flexibility index (Phi) is 5.69. The zero-order valence-corrected chi connectivity index (χ0v) is 12.6. The highest BCUT2D eigenvalue weighted by Gasteiger charge is 2.24. The summed E-state index contributed by atoms with van der Waals surface area (Å²) in [7, 11) is 0. The number of amides is 2. The van der Waals surface area contributed by atoms with Crippen molar-refractivity contribution < 1.29 is 19.1 Å². The Morgan fingerprint density at radius 1 is 1.30 bits per heavy atom. The van der Waals surface area contributed by atoms with Gasteiger partial charge in [0, 0.05) is 6.42 Å². The monoisotopic (exact) mass is 298 g/mol. The smallest absolute Gasteiger partial charge is 0.348 e. The Bertz CT molecular complexity index is 537. The van der Waals surface area contributed by atoms with Gasteiger partial charge >= 0.3 is 5.97 Å². The number of ether oxygens (including phenoxy) is 1. The number of hydrogen-bond acceptors (Lipinski definition) is 5. The molecule has 0 aliphatic rings. The summed E-state index contributed by atoms with van der Waals surface area (Å²) in [5, 5.41) is 2.92. The molecular formula is C13H18N2O4S. The minimum atomic E-state index is -0.680. The second-order valence-corrected chi connectivity index (χ2v) is 5.16. The van der Waals surface area contributed by atoms with Crippen LogP contribution in [0.25, 0.3) is 0 Å². The van der Waals surface area contributed by atoms with Crippen LogP contribution in [0.4, 0.5) is 5.00 Å². The van der Waals surface area contributed by atoms with Crippen molar-refractivity contribution in [3.63, 3.8) is 0 Å². The van der Waals surface area contributed by atoms with Gasteiger partial charge in [-0.05, 0) is 25.8 Å². The normalized spacial score (nSPS) is 10.2. The van der Waals surface area contributed by atoms with Gasteiger partial charge in [-0.1, -0.05) is 6.92 Å². The van der Waals surface area contributed by atoms with E-state index in [2.05, 4.69) is 5.32 Å². The molecule has 110 valence electrons. The molecule has 6 nitrogen and oxygen atoms in total. The van der Waals surface area contributed by atoms with Crippen LogP contribution < -0.4 is 11.1 Å². The van der Waals surface area contributed by atoms with Gasteiger partial charge in [0.1, 0.15) is 9.88 Å². The van der Waals surface area contributed by atoms with Crippen molar-refractivity contribution in [3.8, 4) is 0 Å². The topological polar surface area (TPSA) is 98.5 Å². The number of carbonyl (C=O) groups is 3. The summed E-state index contributed by atoms with van der Waals surface area (Å²) in [6.45, 7) is 5.41. The Morgan fingerprint density at radius 3 is 2.45 bits per heavy atom. The van der Waals surface area contributed by atoms with E-state index in [4.69, 9.17) is 10.5 Å². The average molecular weight is 298 g/mol. The molecule has 0 fully saturated rings. The number of anilines is 1. The summed E-state index contributed by atoms with van der Waals surface area (Å²) < 4.78 is 4.92. The molecule has 0 aliphatic carbocycles. The number of carbonyl (C=O) groups excluding carboxylic acids is 3. The van der Waals surface area contributed by atoms with Crippen molar-refractivity contribution in [1.29, 1.82) is 0 Å². The number of primary amides is 1. The van der Waals surface area contributed by atoms with Crippen LogP contribution in [0, 0.1) is 6.92 Å². The molecule has 1 aromatic heterocycles. The van der Waals surface area contributed by atoms with Gasteiger partial charge in [-0.2, -0.15) is 0 Å². The molecule has 0 saturated heterocycles. The lowest BCUT2D eigenvalue weighted by Crippen LogP contribution is -2.17. The van der Waals surface area contributed by atoms with Crippen LogP contribution >= 0.6 is 11.3 Å². The summed E-state index contributed by atoms with van der Waals surface area (Å²) in [6.07, 6.45) is 1.02. The Balaban J connectivity index is 3.16. The van der Waals surface area contributed by atoms with Crippen LogP contribution in [-0.4, -0.2) is 24.4 Å². The van der Waals surface area contributed by atoms with Gasteiger partial charge in [-0.25, -0.2) is 4.79 Å². The van der Waals surface area contributed by atoms with Crippen molar-refractivity contribution in [1.82, 2.24) is 0 Å². The number of nitrogens with two attached hydrogens (primary N) is 1. The lowest BCUT2D eigenvalue weighted by molar-refractivity contribution is -0.116. The first kappa shape index (κ1) is 16.2. The first-order chi connectivity index (χ1) is 9.42. The number of nitrogens with one attached hydrogen (secondary N) is 1. The Hall–Kier alpha value is -1.89. The maximum absolute atomic E-state index is 11.8. The Morgan fingerprint density at radius 2 is 1.95 bits per heavy atom. The second kappa shape index (κ2) is 7.04. The van der Waals surface area contributed by atoms with E-state index in [0.29, 0.717) is 23.4 Å². The molecule has 0 spiro atoms.